The number of rotatable bonds is 53. The molecule has 0 radical (unpaired) electrons. The lowest BCUT2D eigenvalue weighted by Crippen LogP contribution is -2.60. The van der Waals surface area contributed by atoms with E-state index in [-0.39, 0.29) is 12.5 Å². The first-order valence-electron chi connectivity index (χ1n) is 31.3. The molecule has 1 fully saturated rings. The van der Waals surface area contributed by atoms with Gasteiger partial charge < -0.3 is 40.3 Å². The summed E-state index contributed by atoms with van der Waals surface area (Å²) in [6.45, 7) is 3.66. The largest absolute Gasteiger partial charge is 0.394 e. The Balaban J connectivity index is 2.21. The minimum absolute atomic E-state index is 0.206. The van der Waals surface area contributed by atoms with Crippen LogP contribution in [0.1, 0.15) is 271 Å². The van der Waals surface area contributed by atoms with Crippen LogP contribution in [0.15, 0.2) is 85.1 Å². The van der Waals surface area contributed by atoms with Crippen molar-refractivity contribution in [2.75, 3.05) is 13.2 Å². The Morgan fingerprint density at radius 2 is 0.840 bits per heavy atom. The summed E-state index contributed by atoms with van der Waals surface area (Å²) in [6.07, 6.45) is 71.0. The second-order valence-electron chi connectivity index (χ2n) is 21.5. The van der Waals surface area contributed by atoms with Crippen molar-refractivity contribution in [1.82, 2.24) is 5.32 Å². The Labute approximate surface area is 461 Å². The average molecular weight is 1050 g/mol. The predicted octanol–water partition coefficient (Wildman–Crippen LogP) is 16.2. The standard InChI is InChI=1S/C66H117NO8/c1-3-5-7-9-11-13-15-17-19-21-23-25-26-27-28-29-30-31-32-33-34-36-37-39-41-43-45-47-49-51-53-55-60(69)59(58-74-66-65(73)64(72)63(71)61(57-68)75-66)67-62(70)56-54-52-50-48-46-44-42-40-38-35-24-22-20-18-16-14-12-10-8-6-4-2/h6,8,12,14,18,20,24,35,40,42,45,47,53,55,59-61,63-66,68-69,71-73H,3-5,7,9-11,13,15-17,19,21-23,25-34,36-39,41,43-44,46,48-52,54,56-58H2,1-2H3,(H,67,70)/b8-6-,14-12-,20-18-,35-24-,42-40-,47-45+,55-53+. The predicted molar refractivity (Wildman–Crippen MR) is 318 cm³/mol. The number of aliphatic hydroxyl groups excluding tert-OH is 5. The van der Waals surface area contributed by atoms with E-state index in [4.69, 9.17) is 9.47 Å². The van der Waals surface area contributed by atoms with Gasteiger partial charge >= 0.3 is 0 Å². The van der Waals surface area contributed by atoms with Crippen molar-refractivity contribution in [2.24, 2.45) is 0 Å². The van der Waals surface area contributed by atoms with Crippen LogP contribution in [0.25, 0.3) is 0 Å². The zero-order valence-electron chi connectivity index (χ0n) is 48.3. The molecule has 1 aliphatic rings. The fourth-order valence-electron chi connectivity index (χ4n) is 9.55. The fourth-order valence-corrected chi connectivity index (χ4v) is 9.55. The smallest absolute Gasteiger partial charge is 0.220 e. The molecule has 9 nitrogen and oxygen atoms in total. The van der Waals surface area contributed by atoms with Gasteiger partial charge in [0.05, 0.1) is 25.4 Å². The van der Waals surface area contributed by atoms with Crippen molar-refractivity contribution in [3.8, 4) is 0 Å². The lowest BCUT2D eigenvalue weighted by molar-refractivity contribution is -0.302. The highest BCUT2D eigenvalue weighted by Gasteiger charge is 2.44. The van der Waals surface area contributed by atoms with Gasteiger partial charge in [-0.15, -0.1) is 0 Å². The van der Waals surface area contributed by atoms with Gasteiger partial charge in [0.25, 0.3) is 0 Å². The zero-order chi connectivity index (χ0) is 54.3. The van der Waals surface area contributed by atoms with Gasteiger partial charge in [-0.1, -0.05) is 272 Å². The third kappa shape index (κ3) is 44.0. The van der Waals surface area contributed by atoms with Crippen LogP contribution in [0.2, 0.25) is 0 Å². The van der Waals surface area contributed by atoms with Crippen LogP contribution < -0.4 is 5.32 Å². The molecule has 75 heavy (non-hydrogen) atoms. The number of aliphatic hydroxyl groups is 5. The number of unbranched alkanes of at least 4 members (excludes halogenated alkanes) is 31. The van der Waals surface area contributed by atoms with Crippen LogP contribution in [0.4, 0.5) is 0 Å². The minimum Gasteiger partial charge on any atom is -0.394 e. The molecule has 0 spiro atoms. The quantitative estimate of drug-likeness (QED) is 0.0261. The van der Waals surface area contributed by atoms with E-state index in [2.05, 4.69) is 92.1 Å². The molecule has 0 aliphatic carbocycles. The van der Waals surface area contributed by atoms with Gasteiger partial charge in [-0.05, 0) is 77.0 Å². The zero-order valence-corrected chi connectivity index (χ0v) is 48.3. The van der Waals surface area contributed by atoms with Gasteiger partial charge in [0.2, 0.25) is 5.91 Å². The highest BCUT2D eigenvalue weighted by Crippen LogP contribution is 2.23. The molecular weight excluding hydrogens is 935 g/mol. The topological polar surface area (TPSA) is 149 Å². The van der Waals surface area contributed by atoms with Crippen LogP contribution in [-0.4, -0.2) is 87.5 Å². The monoisotopic (exact) mass is 1050 g/mol. The normalized spacial score (nSPS) is 19.5. The van der Waals surface area contributed by atoms with Gasteiger partial charge in [0.15, 0.2) is 6.29 Å². The Bertz CT molecular complexity index is 1450. The summed E-state index contributed by atoms with van der Waals surface area (Å²) in [5, 5.41) is 54.6. The molecule has 1 rings (SSSR count). The minimum atomic E-state index is -1.58. The molecule has 1 aliphatic heterocycles. The number of allylic oxidation sites excluding steroid dienone is 13. The third-order valence-electron chi connectivity index (χ3n) is 14.5. The van der Waals surface area contributed by atoms with Gasteiger partial charge in [-0.2, -0.15) is 0 Å². The van der Waals surface area contributed by atoms with E-state index < -0.39 is 49.5 Å². The number of hydrogen-bond acceptors (Lipinski definition) is 8. The molecule has 434 valence electrons. The van der Waals surface area contributed by atoms with Gasteiger partial charge in [0, 0.05) is 6.42 Å². The van der Waals surface area contributed by atoms with Gasteiger partial charge in [0.1, 0.15) is 24.4 Å². The SMILES string of the molecule is CC/C=C\C/C=C\C/C=C\C/C=C\C/C=C\CCCCCCCC(=O)NC(COC1OC(CO)C(O)C(O)C1O)C(O)/C=C/CC/C=C/CCCCCCCCCCCCCCCCCCCCCCCCCCC. The Kier molecular flexibility index (Phi) is 51.3. The maximum Gasteiger partial charge on any atom is 0.220 e. The van der Waals surface area contributed by atoms with E-state index in [9.17, 15) is 30.3 Å². The summed E-state index contributed by atoms with van der Waals surface area (Å²) in [6, 6.07) is -0.839. The summed E-state index contributed by atoms with van der Waals surface area (Å²) >= 11 is 0. The Hall–Kier alpha value is -2.63. The van der Waals surface area contributed by atoms with Gasteiger partial charge in [-0.3, -0.25) is 4.79 Å². The highest BCUT2D eigenvalue weighted by molar-refractivity contribution is 5.76. The molecule has 0 aromatic heterocycles. The van der Waals surface area contributed by atoms with Crippen molar-refractivity contribution in [1.29, 1.82) is 0 Å². The lowest BCUT2D eigenvalue weighted by Gasteiger charge is -2.40. The molecule has 1 amide bonds. The summed E-state index contributed by atoms with van der Waals surface area (Å²) < 4.78 is 11.3. The van der Waals surface area contributed by atoms with E-state index in [1.54, 1.807) is 6.08 Å². The lowest BCUT2D eigenvalue weighted by atomic mass is 9.99. The average Bonchev–Trinajstić information content (AvgIpc) is 3.41. The Morgan fingerprint density at radius 1 is 0.467 bits per heavy atom. The van der Waals surface area contributed by atoms with Crippen molar-refractivity contribution >= 4 is 5.91 Å². The second kappa shape index (κ2) is 54.7. The van der Waals surface area contributed by atoms with Crippen LogP contribution in [0, 0.1) is 0 Å². The van der Waals surface area contributed by atoms with Crippen LogP contribution >= 0.6 is 0 Å². The second-order valence-corrected chi connectivity index (χ2v) is 21.5. The summed E-state index contributed by atoms with van der Waals surface area (Å²) in [7, 11) is 0. The number of ether oxygens (including phenoxy) is 2. The molecule has 0 bridgehead atoms. The first-order chi connectivity index (χ1) is 36.8. The molecule has 6 N–H and O–H groups in total. The van der Waals surface area contributed by atoms with Crippen LogP contribution in [0.3, 0.4) is 0 Å². The molecule has 0 aromatic rings. The number of carbonyl (C=O) groups is 1. The van der Waals surface area contributed by atoms with E-state index >= 15 is 0 Å². The molecular formula is C66H117NO8. The number of carbonyl (C=O) groups excluding carboxylic acids is 1. The van der Waals surface area contributed by atoms with E-state index in [0.29, 0.717) is 6.42 Å². The van der Waals surface area contributed by atoms with Crippen molar-refractivity contribution in [3.05, 3.63) is 85.1 Å². The maximum atomic E-state index is 13.1. The number of amides is 1. The molecule has 1 heterocycles. The van der Waals surface area contributed by atoms with Gasteiger partial charge in [-0.25, -0.2) is 0 Å². The van der Waals surface area contributed by atoms with Crippen molar-refractivity contribution in [2.45, 2.75) is 314 Å². The molecule has 7 unspecified atom stereocenters. The third-order valence-corrected chi connectivity index (χ3v) is 14.5. The number of hydrogen-bond donors (Lipinski definition) is 6. The first-order valence-corrected chi connectivity index (χ1v) is 31.3. The molecule has 0 aromatic carbocycles. The van der Waals surface area contributed by atoms with Crippen LogP contribution in [0.5, 0.6) is 0 Å². The highest BCUT2D eigenvalue weighted by atomic mass is 16.7. The molecule has 1 saturated heterocycles. The van der Waals surface area contributed by atoms with Crippen molar-refractivity contribution in [3.63, 3.8) is 0 Å². The van der Waals surface area contributed by atoms with E-state index in [0.717, 1.165) is 89.9 Å². The van der Waals surface area contributed by atoms with E-state index in [1.165, 1.54) is 161 Å². The molecule has 9 heteroatoms. The molecule has 0 saturated carbocycles. The summed E-state index contributed by atoms with van der Waals surface area (Å²) in [4.78, 5) is 13.1. The fraction of sp³-hybridized carbons (Fsp3) is 0.773. The van der Waals surface area contributed by atoms with Crippen molar-refractivity contribution < 1.29 is 39.8 Å². The first kappa shape index (κ1) is 70.4. The maximum absolute atomic E-state index is 13.1. The summed E-state index contributed by atoms with van der Waals surface area (Å²) in [5.41, 5.74) is 0. The number of nitrogens with one attached hydrogen (secondary N) is 1. The summed E-state index contributed by atoms with van der Waals surface area (Å²) in [5.74, 6) is -0.206. The van der Waals surface area contributed by atoms with E-state index in [1.807, 2.05) is 6.08 Å². The Morgan fingerprint density at radius 3 is 1.28 bits per heavy atom. The van der Waals surface area contributed by atoms with Crippen LogP contribution in [-0.2, 0) is 14.3 Å². The molecule has 7 atom stereocenters.